The Balaban J connectivity index is 1.37. The SMILES string of the molecule is O=C(NCCc1cccs1)C1CC(CCc2ccccc2)=NO1. The van der Waals surface area contributed by atoms with Crippen molar-refractivity contribution in [2.75, 3.05) is 6.54 Å². The van der Waals surface area contributed by atoms with Crippen LogP contribution in [0.2, 0.25) is 0 Å². The number of carbonyl (C=O) groups is 1. The first-order chi connectivity index (χ1) is 11.3. The number of amides is 1. The van der Waals surface area contributed by atoms with Crippen molar-refractivity contribution < 1.29 is 9.63 Å². The summed E-state index contributed by atoms with van der Waals surface area (Å²) in [6.45, 7) is 0.637. The van der Waals surface area contributed by atoms with Crippen LogP contribution in [0.15, 0.2) is 53.0 Å². The molecule has 1 unspecified atom stereocenters. The van der Waals surface area contributed by atoms with Gasteiger partial charge in [0.1, 0.15) is 0 Å². The van der Waals surface area contributed by atoms with Gasteiger partial charge in [0.15, 0.2) is 0 Å². The minimum absolute atomic E-state index is 0.0694. The summed E-state index contributed by atoms with van der Waals surface area (Å²) in [6.07, 6.45) is 2.75. The fourth-order valence-electron chi connectivity index (χ4n) is 2.53. The number of hydrogen-bond donors (Lipinski definition) is 1. The monoisotopic (exact) mass is 328 g/mol. The van der Waals surface area contributed by atoms with Gasteiger partial charge in [-0.25, -0.2) is 0 Å². The molecule has 1 atom stereocenters. The summed E-state index contributed by atoms with van der Waals surface area (Å²) in [7, 11) is 0. The van der Waals surface area contributed by atoms with E-state index in [0.717, 1.165) is 25.0 Å². The third-order valence-corrected chi connectivity index (χ3v) is 4.75. The van der Waals surface area contributed by atoms with Gasteiger partial charge in [0.05, 0.1) is 5.71 Å². The number of nitrogens with one attached hydrogen (secondary N) is 1. The molecule has 0 saturated carbocycles. The van der Waals surface area contributed by atoms with E-state index in [1.807, 2.05) is 29.6 Å². The van der Waals surface area contributed by atoms with Gasteiger partial charge >= 0.3 is 0 Å². The summed E-state index contributed by atoms with van der Waals surface area (Å²) in [4.78, 5) is 18.6. The first kappa shape index (κ1) is 15.7. The Morgan fingerprint density at radius 2 is 2.04 bits per heavy atom. The van der Waals surface area contributed by atoms with Crippen LogP contribution in [0.4, 0.5) is 0 Å². The first-order valence-electron chi connectivity index (χ1n) is 7.87. The van der Waals surface area contributed by atoms with Crippen LogP contribution < -0.4 is 5.32 Å². The van der Waals surface area contributed by atoms with Crippen molar-refractivity contribution in [1.82, 2.24) is 5.32 Å². The van der Waals surface area contributed by atoms with Gasteiger partial charge in [-0.1, -0.05) is 41.6 Å². The summed E-state index contributed by atoms with van der Waals surface area (Å²) in [5.41, 5.74) is 2.24. The minimum Gasteiger partial charge on any atom is -0.382 e. The molecule has 0 bridgehead atoms. The summed E-state index contributed by atoms with van der Waals surface area (Å²) in [6, 6.07) is 14.4. The molecule has 1 amide bonds. The summed E-state index contributed by atoms with van der Waals surface area (Å²) in [5.74, 6) is -0.0694. The fraction of sp³-hybridized carbons (Fsp3) is 0.333. The minimum atomic E-state index is -0.468. The Morgan fingerprint density at radius 1 is 1.17 bits per heavy atom. The van der Waals surface area contributed by atoms with Gasteiger partial charge < -0.3 is 10.2 Å². The van der Waals surface area contributed by atoms with Crippen LogP contribution >= 0.6 is 11.3 Å². The van der Waals surface area contributed by atoms with E-state index in [0.29, 0.717) is 13.0 Å². The van der Waals surface area contributed by atoms with Gasteiger partial charge in [0.25, 0.3) is 5.91 Å². The molecule has 0 spiro atoms. The smallest absolute Gasteiger partial charge is 0.264 e. The topological polar surface area (TPSA) is 50.7 Å². The highest BCUT2D eigenvalue weighted by Crippen LogP contribution is 2.15. The maximum atomic E-state index is 12.1. The maximum Gasteiger partial charge on any atom is 0.264 e. The molecule has 5 heteroatoms. The molecule has 120 valence electrons. The Morgan fingerprint density at radius 3 is 2.83 bits per heavy atom. The van der Waals surface area contributed by atoms with Gasteiger partial charge in [0.2, 0.25) is 6.10 Å². The quantitative estimate of drug-likeness (QED) is 0.848. The molecular formula is C18H20N2O2S. The number of oxime groups is 1. The first-order valence-corrected chi connectivity index (χ1v) is 8.75. The predicted octanol–water partition coefficient (Wildman–Crippen LogP) is 3.18. The predicted molar refractivity (Wildman–Crippen MR) is 92.7 cm³/mol. The average molecular weight is 328 g/mol. The highest BCUT2D eigenvalue weighted by molar-refractivity contribution is 7.09. The second-order valence-electron chi connectivity index (χ2n) is 5.56. The second kappa shape index (κ2) is 7.92. The Labute approximate surface area is 140 Å². The van der Waals surface area contributed by atoms with Crippen molar-refractivity contribution in [3.63, 3.8) is 0 Å². The number of aryl methyl sites for hydroxylation is 1. The lowest BCUT2D eigenvalue weighted by atomic mass is 10.0. The van der Waals surface area contributed by atoms with Gasteiger partial charge in [-0.05, 0) is 36.3 Å². The molecule has 0 saturated heterocycles. The largest absolute Gasteiger partial charge is 0.382 e. The lowest BCUT2D eigenvalue weighted by Crippen LogP contribution is -2.35. The Kier molecular flexibility index (Phi) is 5.42. The van der Waals surface area contributed by atoms with E-state index >= 15 is 0 Å². The molecule has 0 fully saturated rings. The molecule has 2 aromatic rings. The summed E-state index contributed by atoms with van der Waals surface area (Å²) >= 11 is 1.71. The normalized spacial score (nSPS) is 16.7. The summed E-state index contributed by atoms with van der Waals surface area (Å²) < 4.78 is 0. The fourth-order valence-corrected chi connectivity index (χ4v) is 3.23. The van der Waals surface area contributed by atoms with E-state index < -0.39 is 6.10 Å². The van der Waals surface area contributed by atoms with Crippen molar-refractivity contribution in [1.29, 1.82) is 0 Å². The number of hydrogen-bond acceptors (Lipinski definition) is 4. The molecule has 3 rings (SSSR count). The third-order valence-electron chi connectivity index (χ3n) is 3.82. The molecular weight excluding hydrogens is 308 g/mol. The van der Waals surface area contributed by atoms with E-state index in [-0.39, 0.29) is 5.91 Å². The third kappa shape index (κ3) is 4.66. The maximum absolute atomic E-state index is 12.1. The molecule has 4 nitrogen and oxygen atoms in total. The summed E-state index contributed by atoms with van der Waals surface area (Å²) in [5, 5.41) is 9.04. The van der Waals surface area contributed by atoms with Gasteiger partial charge in [-0.2, -0.15) is 0 Å². The van der Waals surface area contributed by atoms with Crippen molar-refractivity contribution in [2.24, 2.45) is 5.16 Å². The second-order valence-corrected chi connectivity index (χ2v) is 6.59. The molecule has 0 radical (unpaired) electrons. The van der Waals surface area contributed by atoms with Crippen LogP contribution in [0, 0.1) is 0 Å². The van der Waals surface area contributed by atoms with E-state index in [2.05, 4.69) is 28.7 Å². The molecule has 0 aliphatic carbocycles. The van der Waals surface area contributed by atoms with Crippen molar-refractivity contribution in [2.45, 2.75) is 31.8 Å². The van der Waals surface area contributed by atoms with Crippen molar-refractivity contribution in [3.05, 3.63) is 58.3 Å². The molecule has 1 aromatic carbocycles. The van der Waals surface area contributed by atoms with Crippen LogP contribution in [0.5, 0.6) is 0 Å². The van der Waals surface area contributed by atoms with Gasteiger partial charge in [-0.3, -0.25) is 4.79 Å². The van der Waals surface area contributed by atoms with Crippen LogP contribution in [0.25, 0.3) is 0 Å². The lowest BCUT2D eigenvalue weighted by molar-refractivity contribution is -0.131. The molecule has 23 heavy (non-hydrogen) atoms. The van der Waals surface area contributed by atoms with Crippen LogP contribution in [0.3, 0.4) is 0 Å². The highest BCUT2D eigenvalue weighted by Gasteiger charge is 2.27. The van der Waals surface area contributed by atoms with Crippen LogP contribution in [-0.2, 0) is 22.5 Å². The van der Waals surface area contributed by atoms with E-state index in [1.165, 1.54) is 10.4 Å². The zero-order chi connectivity index (χ0) is 15.9. The van der Waals surface area contributed by atoms with E-state index in [9.17, 15) is 4.79 Å². The van der Waals surface area contributed by atoms with Crippen molar-refractivity contribution in [3.8, 4) is 0 Å². The Hall–Kier alpha value is -2.14. The molecule has 1 aromatic heterocycles. The van der Waals surface area contributed by atoms with Gasteiger partial charge in [0, 0.05) is 17.8 Å². The number of carbonyl (C=O) groups excluding carboxylic acids is 1. The average Bonchev–Trinajstić information content (AvgIpc) is 3.25. The molecule has 2 heterocycles. The molecule has 1 aliphatic heterocycles. The Bertz CT molecular complexity index is 653. The highest BCUT2D eigenvalue weighted by atomic mass is 32.1. The zero-order valence-corrected chi connectivity index (χ0v) is 13.7. The zero-order valence-electron chi connectivity index (χ0n) is 12.9. The van der Waals surface area contributed by atoms with E-state index in [4.69, 9.17) is 4.84 Å². The van der Waals surface area contributed by atoms with Crippen LogP contribution in [-0.4, -0.2) is 24.3 Å². The number of benzene rings is 1. The van der Waals surface area contributed by atoms with E-state index in [1.54, 1.807) is 11.3 Å². The lowest BCUT2D eigenvalue weighted by Gasteiger charge is -2.08. The molecule has 1 N–H and O–H groups in total. The van der Waals surface area contributed by atoms with Gasteiger partial charge in [-0.15, -0.1) is 11.3 Å². The number of rotatable bonds is 7. The van der Waals surface area contributed by atoms with Crippen LogP contribution in [0.1, 0.15) is 23.3 Å². The van der Waals surface area contributed by atoms with Crippen molar-refractivity contribution >= 4 is 23.0 Å². The number of nitrogens with zero attached hydrogens (tertiary/aromatic N) is 1. The number of thiophene rings is 1. The molecule has 1 aliphatic rings. The standard InChI is InChI=1S/C18H20N2O2S/c21-18(19-11-10-16-7-4-12-23-16)17-13-15(20-22-17)9-8-14-5-2-1-3-6-14/h1-7,12,17H,8-11,13H2,(H,19,21).